The van der Waals surface area contributed by atoms with Crippen LogP contribution in [0.25, 0.3) is 0 Å². The molecule has 0 atom stereocenters. The van der Waals surface area contributed by atoms with Crippen molar-refractivity contribution in [2.24, 2.45) is 0 Å². The van der Waals surface area contributed by atoms with Gasteiger partial charge < -0.3 is 14.0 Å². The summed E-state index contributed by atoms with van der Waals surface area (Å²) in [5.74, 6) is -0.434. The summed E-state index contributed by atoms with van der Waals surface area (Å²) in [4.78, 5) is 11.1. The predicted molar refractivity (Wildman–Crippen MR) is 82.2 cm³/mol. The Kier molecular flexibility index (Phi) is 4.26. The average molecular weight is 288 g/mol. The van der Waals surface area contributed by atoms with Crippen molar-refractivity contribution in [3.8, 4) is 0 Å². The Hall–Kier alpha value is -1.59. The fraction of sp³-hybridized carbons (Fsp3) is 0.438. The highest BCUT2D eigenvalue weighted by Crippen LogP contribution is 2.36. The number of hydrogen-bond donors (Lipinski definition) is 0. The first-order valence-corrected chi connectivity index (χ1v) is 6.99. The van der Waals surface area contributed by atoms with Crippen LogP contribution < -0.4 is 5.46 Å². The van der Waals surface area contributed by atoms with E-state index in [2.05, 4.69) is 6.58 Å². The second-order valence-electron chi connectivity index (χ2n) is 6.15. The van der Waals surface area contributed by atoms with Crippen molar-refractivity contribution in [3.63, 3.8) is 0 Å². The first kappa shape index (κ1) is 15.8. The summed E-state index contributed by atoms with van der Waals surface area (Å²) in [7, 11) is -0.412. The molecule has 4 nitrogen and oxygen atoms in total. The standard InChI is InChI=1S/C16H21BO4/c1-6-14(18)19-11-12-8-7-9-13(10-12)17-20-15(2,3)16(4,5)21-17/h6-10H,1,11H2,2-5H3. The highest BCUT2D eigenvalue weighted by atomic mass is 16.7. The van der Waals surface area contributed by atoms with Crippen LogP contribution in [0.4, 0.5) is 0 Å². The first-order valence-electron chi connectivity index (χ1n) is 6.99. The molecule has 1 aromatic carbocycles. The Balaban J connectivity index is 2.12. The van der Waals surface area contributed by atoms with Gasteiger partial charge in [-0.3, -0.25) is 0 Å². The van der Waals surface area contributed by atoms with Gasteiger partial charge in [0.05, 0.1) is 11.2 Å². The Morgan fingerprint density at radius 1 is 1.29 bits per heavy atom. The molecule has 21 heavy (non-hydrogen) atoms. The SMILES string of the molecule is C=CC(=O)OCc1cccc(B2OC(C)(C)C(C)(C)O2)c1. The number of rotatable bonds is 4. The van der Waals surface area contributed by atoms with E-state index in [0.717, 1.165) is 17.1 Å². The van der Waals surface area contributed by atoms with E-state index in [-0.39, 0.29) is 17.8 Å². The fourth-order valence-corrected chi connectivity index (χ4v) is 2.02. The van der Waals surface area contributed by atoms with Crippen molar-refractivity contribution < 1.29 is 18.8 Å². The third kappa shape index (κ3) is 3.36. The lowest BCUT2D eigenvalue weighted by Gasteiger charge is -2.32. The molecule has 0 aromatic heterocycles. The minimum Gasteiger partial charge on any atom is -0.458 e. The van der Waals surface area contributed by atoms with Crippen LogP contribution in [0.1, 0.15) is 33.3 Å². The number of benzene rings is 1. The van der Waals surface area contributed by atoms with Gasteiger partial charge in [0, 0.05) is 6.08 Å². The topological polar surface area (TPSA) is 44.8 Å². The fourth-order valence-electron chi connectivity index (χ4n) is 2.02. The predicted octanol–water partition coefficient (Wildman–Crippen LogP) is 2.21. The summed E-state index contributed by atoms with van der Waals surface area (Å²) < 4.78 is 17.0. The first-order chi connectivity index (χ1) is 9.75. The zero-order valence-corrected chi connectivity index (χ0v) is 13.0. The maximum Gasteiger partial charge on any atom is 0.494 e. The van der Waals surface area contributed by atoms with Crippen molar-refractivity contribution in [1.82, 2.24) is 0 Å². The molecule has 0 N–H and O–H groups in total. The molecule has 1 saturated heterocycles. The Labute approximate surface area is 126 Å². The van der Waals surface area contributed by atoms with Crippen LogP contribution in [0.2, 0.25) is 0 Å². The summed E-state index contributed by atoms with van der Waals surface area (Å²) in [5, 5.41) is 0. The third-order valence-electron chi connectivity index (χ3n) is 4.02. The third-order valence-corrected chi connectivity index (χ3v) is 4.02. The van der Waals surface area contributed by atoms with Gasteiger partial charge in [-0.15, -0.1) is 0 Å². The van der Waals surface area contributed by atoms with Crippen LogP contribution in [-0.4, -0.2) is 24.3 Å². The van der Waals surface area contributed by atoms with Crippen LogP contribution in [0, 0.1) is 0 Å². The maximum absolute atomic E-state index is 11.1. The molecular weight excluding hydrogens is 267 g/mol. The van der Waals surface area contributed by atoms with E-state index in [1.807, 2.05) is 52.0 Å². The molecule has 1 fully saturated rings. The van der Waals surface area contributed by atoms with Crippen LogP contribution in [0.5, 0.6) is 0 Å². The molecule has 0 amide bonds. The normalized spacial score (nSPS) is 19.3. The van der Waals surface area contributed by atoms with Gasteiger partial charge in [0.15, 0.2) is 0 Å². The average Bonchev–Trinajstić information content (AvgIpc) is 2.65. The molecular formula is C16H21BO4. The minimum absolute atomic E-state index is 0.207. The number of hydrogen-bond acceptors (Lipinski definition) is 4. The van der Waals surface area contributed by atoms with Crippen molar-refractivity contribution in [3.05, 3.63) is 42.5 Å². The quantitative estimate of drug-likeness (QED) is 0.484. The van der Waals surface area contributed by atoms with E-state index in [1.54, 1.807) is 0 Å². The molecule has 1 heterocycles. The van der Waals surface area contributed by atoms with Crippen LogP contribution in [0.3, 0.4) is 0 Å². The molecule has 5 heteroatoms. The number of carbonyl (C=O) groups excluding carboxylic acids is 1. The van der Waals surface area contributed by atoms with Crippen LogP contribution >= 0.6 is 0 Å². The summed E-state index contributed by atoms with van der Waals surface area (Å²) in [6, 6.07) is 7.67. The lowest BCUT2D eigenvalue weighted by atomic mass is 9.78. The Morgan fingerprint density at radius 3 is 2.48 bits per heavy atom. The van der Waals surface area contributed by atoms with Gasteiger partial charge in [0.25, 0.3) is 0 Å². The van der Waals surface area contributed by atoms with Gasteiger partial charge in [-0.1, -0.05) is 30.8 Å². The van der Waals surface area contributed by atoms with Gasteiger partial charge in [0.1, 0.15) is 6.61 Å². The largest absolute Gasteiger partial charge is 0.494 e. The van der Waals surface area contributed by atoms with Gasteiger partial charge >= 0.3 is 13.1 Å². The van der Waals surface area contributed by atoms with Gasteiger partial charge in [-0.05, 0) is 38.7 Å². The Morgan fingerprint density at radius 2 is 1.90 bits per heavy atom. The minimum atomic E-state index is -0.434. The number of esters is 1. The van der Waals surface area contributed by atoms with Crippen molar-refractivity contribution in [2.45, 2.75) is 45.5 Å². The van der Waals surface area contributed by atoms with Gasteiger partial charge in [0.2, 0.25) is 0 Å². The Bertz CT molecular complexity index is 535. The van der Waals surface area contributed by atoms with Gasteiger partial charge in [-0.2, -0.15) is 0 Å². The maximum atomic E-state index is 11.1. The lowest BCUT2D eigenvalue weighted by molar-refractivity contribution is -0.138. The smallest absolute Gasteiger partial charge is 0.458 e. The van der Waals surface area contributed by atoms with Crippen LogP contribution in [-0.2, 0) is 25.4 Å². The van der Waals surface area contributed by atoms with Crippen molar-refractivity contribution in [2.75, 3.05) is 0 Å². The van der Waals surface area contributed by atoms with E-state index in [4.69, 9.17) is 14.0 Å². The molecule has 0 aliphatic carbocycles. The van der Waals surface area contributed by atoms with Crippen molar-refractivity contribution in [1.29, 1.82) is 0 Å². The molecule has 1 aromatic rings. The van der Waals surface area contributed by atoms with Crippen LogP contribution in [0.15, 0.2) is 36.9 Å². The zero-order chi connectivity index (χ0) is 15.7. The molecule has 112 valence electrons. The van der Waals surface area contributed by atoms with E-state index in [0.29, 0.717) is 0 Å². The molecule has 2 rings (SSSR count). The molecule has 0 radical (unpaired) electrons. The molecule has 0 unspecified atom stereocenters. The number of ether oxygens (including phenoxy) is 1. The molecule has 1 aliphatic rings. The van der Waals surface area contributed by atoms with E-state index in [1.165, 1.54) is 0 Å². The van der Waals surface area contributed by atoms with E-state index >= 15 is 0 Å². The summed E-state index contributed by atoms with van der Waals surface area (Å²) in [6.45, 7) is 11.6. The molecule has 1 aliphatic heterocycles. The monoisotopic (exact) mass is 288 g/mol. The molecule has 0 spiro atoms. The summed E-state index contributed by atoms with van der Waals surface area (Å²) in [5.41, 5.74) is 1.06. The van der Waals surface area contributed by atoms with Gasteiger partial charge in [-0.25, -0.2) is 4.79 Å². The highest BCUT2D eigenvalue weighted by Gasteiger charge is 2.51. The number of carbonyl (C=O) groups is 1. The van der Waals surface area contributed by atoms with E-state index in [9.17, 15) is 4.79 Å². The van der Waals surface area contributed by atoms with E-state index < -0.39 is 13.1 Å². The molecule has 0 saturated carbocycles. The highest BCUT2D eigenvalue weighted by molar-refractivity contribution is 6.62. The summed E-state index contributed by atoms with van der Waals surface area (Å²) >= 11 is 0. The lowest BCUT2D eigenvalue weighted by Crippen LogP contribution is -2.41. The zero-order valence-electron chi connectivity index (χ0n) is 13.0. The second kappa shape index (κ2) is 5.66. The van der Waals surface area contributed by atoms with Crippen molar-refractivity contribution >= 4 is 18.6 Å². The summed E-state index contributed by atoms with van der Waals surface area (Å²) in [6.07, 6.45) is 1.15. The second-order valence-corrected chi connectivity index (χ2v) is 6.15. The molecule has 0 bridgehead atoms.